The lowest BCUT2D eigenvalue weighted by atomic mass is 10.1. The van der Waals surface area contributed by atoms with Gasteiger partial charge in [-0.05, 0) is 47.2 Å². The molecule has 0 radical (unpaired) electrons. The van der Waals surface area contributed by atoms with Crippen LogP contribution in [0.25, 0.3) is 0 Å². The van der Waals surface area contributed by atoms with Crippen LogP contribution in [0.2, 0.25) is 0 Å². The first kappa shape index (κ1) is 11.1. The number of hydrogen-bond acceptors (Lipinski definition) is 4. The number of rotatable bonds is 4. The molecule has 2 aliphatic rings. The Morgan fingerprint density at radius 3 is 2.58 bits per heavy atom. The first-order valence-electron chi connectivity index (χ1n) is 6.97. The Kier molecular flexibility index (Phi) is 2.58. The van der Waals surface area contributed by atoms with Crippen LogP contribution in [0, 0.1) is 0 Å². The van der Waals surface area contributed by atoms with Crippen LogP contribution in [0.3, 0.4) is 0 Å². The van der Waals surface area contributed by atoms with Crippen LogP contribution >= 0.6 is 0 Å². The van der Waals surface area contributed by atoms with E-state index in [0.29, 0.717) is 12.1 Å². The van der Waals surface area contributed by atoms with E-state index in [9.17, 15) is 0 Å². The van der Waals surface area contributed by atoms with Gasteiger partial charge in [-0.3, -0.25) is 0 Å². The average molecular weight is 255 g/mol. The maximum atomic E-state index is 4.20. The molecule has 5 nitrogen and oxygen atoms in total. The summed E-state index contributed by atoms with van der Waals surface area (Å²) in [6.45, 7) is 0.782. The number of nitrogens with zero attached hydrogens (tertiary/aromatic N) is 4. The lowest BCUT2D eigenvalue weighted by Gasteiger charge is -2.11. The summed E-state index contributed by atoms with van der Waals surface area (Å²) in [5, 5.41) is 15.7. The minimum Gasteiger partial charge on any atom is -0.307 e. The second-order valence-electron chi connectivity index (χ2n) is 5.53. The largest absolute Gasteiger partial charge is 0.307 e. The predicted molar refractivity (Wildman–Crippen MR) is 70.6 cm³/mol. The summed E-state index contributed by atoms with van der Waals surface area (Å²) >= 11 is 0. The smallest absolute Gasteiger partial charge is 0.165 e. The van der Waals surface area contributed by atoms with Crippen LogP contribution in [0.4, 0.5) is 0 Å². The van der Waals surface area contributed by atoms with E-state index in [1.54, 1.807) is 0 Å². The van der Waals surface area contributed by atoms with Gasteiger partial charge in [-0.1, -0.05) is 24.3 Å². The van der Waals surface area contributed by atoms with Gasteiger partial charge in [0.1, 0.15) is 0 Å². The lowest BCUT2D eigenvalue weighted by molar-refractivity contribution is 0.437. The number of hydrogen-bond donors (Lipinski definition) is 1. The normalized spacial score (nSPS) is 18.7. The van der Waals surface area contributed by atoms with Gasteiger partial charge in [-0.2, -0.15) is 0 Å². The molecule has 1 aromatic heterocycles. The van der Waals surface area contributed by atoms with Gasteiger partial charge in [0.05, 0.1) is 12.6 Å². The molecule has 0 spiro atoms. The first-order chi connectivity index (χ1) is 9.40. The third-order valence-electron chi connectivity index (χ3n) is 4.06. The van der Waals surface area contributed by atoms with Gasteiger partial charge in [-0.25, -0.2) is 4.68 Å². The fraction of sp³-hybridized carbons (Fsp3) is 0.500. The maximum Gasteiger partial charge on any atom is 0.165 e. The fourth-order valence-electron chi connectivity index (χ4n) is 2.84. The van der Waals surface area contributed by atoms with Crippen molar-refractivity contribution in [3.8, 4) is 0 Å². The SMILES string of the molecule is c1ccc2c(c1)CC(n1nnnc1CNC1CC1)C2. The van der Waals surface area contributed by atoms with E-state index in [2.05, 4.69) is 45.1 Å². The summed E-state index contributed by atoms with van der Waals surface area (Å²) in [6, 6.07) is 9.70. The van der Waals surface area contributed by atoms with Crippen LogP contribution < -0.4 is 5.32 Å². The Balaban J connectivity index is 1.52. The second kappa shape index (κ2) is 4.42. The van der Waals surface area contributed by atoms with E-state index in [1.165, 1.54) is 24.0 Å². The zero-order valence-electron chi connectivity index (χ0n) is 10.8. The van der Waals surface area contributed by atoms with Gasteiger partial charge in [0.2, 0.25) is 0 Å². The molecule has 0 atom stereocenters. The van der Waals surface area contributed by atoms with Crippen molar-refractivity contribution in [2.75, 3.05) is 0 Å². The van der Waals surface area contributed by atoms with Gasteiger partial charge in [0.25, 0.3) is 0 Å². The Bertz CT molecular complexity index is 562. The van der Waals surface area contributed by atoms with Crippen molar-refractivity contribution in [2.24, 2.45) is 0 Å². The van der Waals surface area contributed by atoms with Crippen molar-refractivity contribution in [2.45, 2.75) is 44.3 Å². The molecule has 0 bridgehead atoms. The molecule has 0 aliphatic heterocycles. The molecule has 1 heterocycles. The summed E-state index contributed by atoms with van der Waals surface area (Å²) in [6.07, 6.45) is 4.65. The van der Waals surface area contributed by atoms with E-state index in [4.69, 9.17) is 0 Å². The van der Waals surface area contributed by atoms with Crippen LogP contribution in [-0.4, -0.2) is 26.2 Å². The van der Waals surface area contributed by atoms with Gasteiger partial charge in [0.15, 0.2) is 5.82 Å². The molecule has 1 N–H and O–H groups in total. The Morgan fingerprint density at radius 1 is 1.16 bits per heavy atom. The number of aromatic nitrogens is 4. The standard InChI is InChI=1S/C14H17N5/c1-2-4-11-8-13(7-10(11)3-1)19-14(16-17-18-19)9-15-12-5-6-12/h1-4,12-13,15H,5-9H2. The zero-order chi connectivity index (χ0) is 12.7. The molecule has 4 rings (SSSR count). The molecule has 2 aliphatic carbocycles. The molecule has 5 heteroatoms. The Morgan fingerprint density at radius 2 is 1.89 bits per heavy atom. The van der Waals surface area contributed by atoms with Gasteiger partial charge in [0, 0.05) is 6.04 Å². The van der Waals surface area contributed by atoms with Crippen LogP contribution in [0.15, 0.2) is 24.3 Å². The molecule has 1 saturated carbocycles. The van der Waals surface area contributed by atoms with E-state index in [0.717, 1.165) is 25.2 Å². The Labute approximate surface area is 112 Å². The monoisotopic (exact) mass is 255 g/mol. The molecule has 0 unspecified atom stereocenters. The molecule has 1 fully saturated rings. The van der Waals surface area contributed by atoms with Crippen molar-refractivity contribution >= 4 is 0 Å². The van der Waals surface area contributed by atoms with Gasteiger partial charge in [-0.15, -0.1) is 5.10 Å². The maximum absolute atomic E-state index is 4.20. The summed E-state index contributed by atoms with van der Waals surface area (Å²) in [5.41, 5.74) is 2.87. The summed E-state index contributed by atoms with van der Waals surface area (Å²) < 4.78 is 2.01. The molecular weight excluding hydrogens is 238 g/mol. The molecule has 1 aromatic carbocycles. The molecule has 98 valence electrons. The summed E-state index contributed by atoms with van der Waals surface area (Å²) in [5.74, 6) is 0.963. The van der Waals surface area contributed by atoms with Crippen LogP contribution in [-0.2, 0) is 19.4 Å². The first-order valence-corrected chi connectivity index (χ1v) is 6.97. The van der Waals surface area contributed by atoms with Crippen molar-refractivity contribution in [3.63, 3.8) is 0 Å². The average Bonchev–Trinajstić information content (AvgIpc) is 3.00. The summed E-state index contributed by atoms with van der Waals surface area (Å²) in [4.78, 5) is 0. The Hall–Kier alpha value is -1.75. The predicted octanol–water partition coefficient (Wildman–Crippen LogP) is 1.26. The third kappa shape index (κ3) is 2.14. The zero-order valence-corrected chi connectivity index (χ0v) is 10.8. The van der Waals surface area contributed by atoms with Crippen molar-refractivity contribution in [3.05, 3.63) is 41.2 Å². The quantitative estimate of drug-likeness (QED) is 0.893. The van der Waals surface area contributed by atoms with E-state index in [-0.39, 0.29) is 0 Å². The van der Waals surface area contributed by atoms with E-state index in [1.807, 2.05) is 4.68 Å². The van der Waals surface area contributed by atoms with Gasteiger partial charge < -0.3 is 5.32 Å². The number of nitrogens with one attached hydrogen (secondary N) is 1. The lowest BCUT2D eigenvalue weighted by Crippen LogP contribution is -2.22. The number of benzene rings is 1. The minimum atomic E-state index is 0.378. The van der Waals surface area contributed by atoms with Gasteiger partial charge >= 0.3 is 0 Å². The minimum absolute atomic E-state index is 0.378. The molecule has 19 heavy (non-hydrogen) atoms. The molecule has 0 saturated heterocycles. The van der Waals surface area contributed by atoms with Crippen LogP contribution in [0.5, 0.6) is 0 Å². The van der Waals surface area contributed by atoms with E-state index < -0.39 is 0 Å². The molecular formula is C14H17N5. The third-order valence-corrected chi connectivity index (χ3v) is 4.06. The highest BCUT2D eigenvalue weighted by atomic mass is 15.6. The van der Waals surface area contributed by atoms with Crippen molar-refractivity contribution in [1.29, 1.82) is 0 Å². The number of fused-ring (bicyclic) bond motifs is 1. The van der Waals surface area contributed by atoms with Crippen LogP contribution in [0.1, 0.15) is 35.8 Å². The second-order valence-corrected chi connectivity index (χ2v) is 5.53. The highest BCUT2D eigenvalue weighted by Crippen LogP contribution is 2.30. The highest BCUT2D eigenvalue weighted by Gasteiger charge is 2.26. The number of tetrazole rings is 1. The van der Waals surface area contributed by atoms with Crippen molar-refractivity contribution in [1.82, 2.24) is 25.5 Å². The highest BCUT2D eigenvalue weighted by molar-refractivity contribution is 5.32. The fourth-order valence-corrected chi connectivity index (χ4v) is 2.84. The molecule has 2 aromatic rings. The molecule has 0 amide bonds. The van der Waals surface area contributed by atoms with Crippen molar-refractivity contribution < 1.29 is 0 Å². The van der Waals surface area contributed by atoms with E-state index >= 15 is 0 Å². The topological polar surface area (TPSA) is 55.6 Å². The summed E-state index contributed by atoms with van der Waals surface area (Å²) in [7, 11) is 0.